The van der Waals surface area contributed by atoms with Crippen LogP contribution in [0.2, 0.25) is 0 Å². The third-order valence-corrected chi connectivity index (χ3v) is 4.28. The Hall–Kier alpha value is -1.14. The van der Waals surface area contributed by atoms with E-state index in [2.05, 4.69) is 10.3 Å². The number of carbonyl (C=O) groups is 1. The lowest BCUT2D eigenvalue weighted by molar-refractivity contribution is 0.0941. The summed E-state index contributed by atoms with van der Waals surface area (Å²) in [6, 6.07) is 2.93. The number of sulfone groups is 1. The fraction of sp³-hybridized carbons (Fsp3) is 0.400. The van der Waals surface area contributed by atoms with Gasteiger partial charge in [0.05, 0.1) is 11.5 Å². The molecule has 0 aromatic carbocycles. The van der Waals surface area contributed by atoms with E-state index in [0.29, 0.717) is 12.0 Å². The molecule has 94 valence electrons. The molecule has 0 aliphatic carbocycles. The second kappa shape index (κ2) is 5.46. The number of pyridine rings is 1. The summed E-state index contributed by atoms with van der Waals surface area (Å²) in [6.45, 7) is 0. The van der Waals surface area contributed by atoms with Crippen molar-refractivity contribution in [3.63, 3.8) is 0 Å². The molecule has 1 aromatic rings. The normalized spacial score (nSPS) is 21.5. The van der Waals surface area contributed by atoms with Gasteiger partial charge in [-0.05, 0) is 18.6 Å². The van der Waals surface area contributed by atoms with E-state index < -0.39 is 9.84 Å². The van der Waals surface area contributed by atoms with E-state index in [0.717, 1.165) is 0 Å². The maximum Gasteiger partial charge on any atom is 0.251 e. The Morgan fingerprint density at radius 1 is 1.35 bits per heavy atom. The standard InChI is InChI=1S/C10H12N2O3S.ClH/c13-10(8-1-4-11-5-2-8)12-9-3-6-16(14,15)7-9;/h1-2,4-5,9H,3,6-7H2,(H,12,13);1H. The molecule has 1 atom stereocenters. The van der Waals surface area contributed by atoms with Crippen LogP contribution in [0.5, 0.6) is 0 Å². The SMILES string of the molecule is Cl.O=C(NC1CCS(=O)(=O)C1)c1ccncc1. The zero-order valence-corrected chi connectivity index (χ0v) is 10.6. The molecule has 2 rings (SSSR count). The molecule has 1 aliphatic heterocycles. The van der Waals surface area contributed by atoms with Gasteiger partial charge in [-0.2, -0.15) is 0 Å². The molecule has 1 amide bonds. The van der Waals surface area contributed by atoms with Crippen LogP contribution in [0.4, 0.5) is 0 Å². The van der Waals surface area contributed by atoms with Crippen LogP contribution in [0.15, 0.2) is 24.5 Å². The topological polar surface area (TPSA) is 76.1 Å². The summed E-state index contributed by atoms with van der Waals surface area (Å²) >= 11 is 0. The maximum atomic E-state index is 11.7. The average Bonchev–Trinajstić information content (AvgIpc) is 2.59. The highest BCUT2D eigenvalue weighted by Gasteiger charge is 2.28. The molecule has 1 unspecified atom stereocenters. The minimum atomic E-state index is -2.95. The second-order valence-corrected chi connectivity index (χ2v) is 6.04. The van der Waals surface area contributed by atoms with Gasteiger partial charge in [-0.3, -0.25) is 9.78 Å². The Bertz CT molecular complexity index is 490. The van der Waals surface area contributed by atoms with Gasteiger partial charge in [0.15, 0.2) is 9.84 Å². The van der Waals surface area contributed by atoms with Crippen LogP contribution in [0.3, 0.4) is 0 Å². The monoisotopic (exact) mass is 276 g/mol. The molecular weight excluding hydrogens is 264 g/mol. The van der Waals surface area contributed by atoms with Crippen molar-refractivity contribution in [2.75, 3.05) is 11.5 Å². The predicted octanol–water partition coefficient (Wildman–Crippen LogP) is 0.420. The van der Waals surface area contributed by atoms with Crippen molar-refractivity contribution in [3.05, 3.63) is 30.1 Å². The first kappa shape index (κ1) is 13.9. The van der Waals surface area contributed by atoms with E-state index in [1.807, 2.05) is 0 Å². The first-order valence-corrected chi connectivity index (χ1v) is 6.80. The Morgan fingerprint density at radius 2 is 2.00 bits per heavy atom. The van der Waals surface area contributed by atoms with Gasteiger partial charge in [0, 0.05) is 24.0 Å². The highest BCUT2D eigenvalue weighted by Crippen LogP contribution is 2.11. The first-order valence-electron chi connectivity index (χ1n) is 4.98. The molecule has 1 aliphatic rings. The minimum Gasteiger partial charge on any atom is -0.348 e. The van der Waals surface area contributed by atoms with E-state index in [1.165, 1.54) is 12.4 Å². The third-order valence-electron chi connectivity index (χ3n) is 2.51. The van der Waals surface area contributed by atoms with Crippen molar-refractivity contribution in [2.24, 2.45) is 0 Å². The first-order chi connectivity index (χ1) is 7.57. The van der Waals surface area contributed by atoms with E-state index in [4.69, 9.17) is 0 Å². The molecule has 0 radical (unpaired) electrons. The van der Waals surface area contributed by atoms with Crippen molar-refractivity contribution in [1.82, 2.24) is 10.3 Å². The van der Waals surface area contributed by atoms with Crippen LogP contribution in [0.1, 0.15) is 16.8 Å². The van der Waals surface area contributed by atoms with Crippen molar-refractivity contribution in [1.29, 1.82) is 0 Å². The quantitative estimate of drug-likeness (QED) is 0.849. The van der Waals surface area contributed by atoms with Gasteiger partial charge >= 0.3 is 0 Å². The van der Waals surface area contributed by atoms with Gasteiger partial charge in [-0.15, -0.1) is 12.4 Å². The second-order valence-electron chi connectivity index (χ2n) is 3.81. The van der Waals surface area contributed by atoms with Gasteiger partial charge in [0.1, 0.15) is 0 Å². The number of nitrogens with zero attached hydrogens (tertiary/aromatic N) is 1. The number of rotatable bonds is 2. The Labute approximate surface area is 106 Å². The Balaban J connectivity index is 0.00000144. The lowest BCUT2D eigenvalue weighted by Gasteiger charge is -2.10. The molecule has 0 spiro atoms. The van der Waals surface area contributed by atoms with Crippen LogP contribution in [0, 0.1) is 0 Å². The van der Waals surface area contributed by atoms with Crippen molar-refractivity contribution < 1.29 is 13.2 Å². The largest absolute Gasteiger partial charge is 0.348 e. The smallest absolute Gasteiger partial charge is 0.251 e. The average molecular weight is 277 g/mol. The zero-order valence-electron chi connectivity index (χ0n) is 9.00. The molecule has 2 heterocycles. The van der Waals surface area contributed by atoms with Crippen molar-refractivity contribution in [2.45, 2.75) is 12.5 Å². The summed E-state index contributed by atoms with van der Waals surface area (Å²) in [6.07, 6.45) is 3.56. The molecule has 5 nitrogen and oxygen atoms in total. The predicted molar refractivity (Wildman–Crippen MR) is 66.0 cm³/mol. The van der Waals surface area contributed by atoms with E-state index in [1.54, 1.807) is 12.1 Å². The third kappa shape index (κ3) is 3.67. The van der Waals surface area contributed by atoms with Gasteiger partial charge in [0.25, 0.3) is 5.91 Å². The van der Waals surface area contributed by atoms with Gasteiger partial charge in [-0.1, -0.05) is 0 Å². The number of nitrogens with one attached hydrogen (secondary N) is 1. The molecule has 7 heteroatoms. The molecule has 1 N–H and O–H groups in total. The summed E-state index contributed by atoms with van der Waals surface area (Å²) < 4.78 is 22.4. The molecule has 17 heavy (non-hydrogen) atoms. The van der Waals surface area contributed by atoms with E-state index in [-0.39, 0.29) is 35.9 Å². The summed E-state index contributed by atoms with van der Waals surface area (Å²) in [5, 5.41) is 2.70. The summed E-state index contributed by atoms with van der Waals surface area (Å²) in [7, 11) is -2.95. The molecule has 1 fully saturated rings. The van der Waals surface area contributed by atoms with Crippen molar-refractivity contribution >= 4 is 28.2 Å². The highest BCUT2D eigenvalue weighted by atomic mass is 35.5. The number of amides is 1. The molecule has 1 saturated heterocycles. The fourth-order valence-electron chi connectivity index (χ4n) is 1.68. The number of hydrogen-bond donors (Lipinski definition) is 1. The Kier molecular flexibility index (Phi) is 4.47. The van der Waals surface area contributed by atoms with Gasteiger partial charge in [0.2, 0.25) is 0 Å². The number of carbonyl (C=O) groups excluding carboxylic acids is 1. The highest BCUT2D eigenvalue weighted by molar-refractivity contribution is 7.91. The van der Waals surface area contributed by atoms with Crippen LogP contribution in [-0.4, -0.2) is 36.9 Å². The summed E-state index contributed by atoms with van der Waals surface area (Å²) in [5.41, 5.74) is 0.499. The van der Waals surface area contributed by atoms with Crippen LogP contribution >= 0.6 is 12.4 Å². The lowest BCUT2D eigenvalue weighted by Crippen LogP contribution is -2.35. The van der Waals surface area contributed by atoms with Gasteiger partial charge in [-0.25, -0.2) is 8.42 Å². The number of hydrogen-bond acceptors (Lipinski definition) is 4. The molecule has 0 bridgehead atoms. The molecule has 1 aromatic heterocycles. The Morgan fingerprint density at radius 3 is 2.53 bits per heavy atom. The van der Waals surface area contributed by atoms with E-state index in [9.17, 15) is 13.2 Å². The summed E-state index contributed by atoms with van der Waals surface area (Å²) in [4.78, 5) is 15.5. The lowest BCUT2D eigenvalue weighted by atomic mass is 10.2. The van der Waals surface area contributed by atoms with Crippen LogP contribution in [0.25, 0.3) is 0 Å². The number of halogens is 1. The number of aromatic nitrogens is 1. The minimum absolute atomic E-state index is 0. The maximum absolute atomic E-state index is 11.7. The van der Waals surface area contributed by atoms with Crippen LogP contribution in [-0.2, 0) is 9.84 Å². The molecular formula is C10H13ClN2O3S. The summed E-state index contributed by atoms with van der Waals surface area (Å²) in [5.74, 6) is -0.0394. The zero-order chi connectivity index (χ0) is 11.6. The van der Waals surface area contributed by atoms with Crippen molar-refractivity contribution in [3.8, 4) is 0 Å². The van der Waals surface area contributed by atoms with E-state index >= 15 is 0 Å². The molecule has 0 saturated carbocycles. The van der Waals surface area contributed by atoms with Crippen LogP contribution < -0.4 is 5.32 Å². The van der Waals surface area contributed by atoms with Gasteiger partial charge < -0.3 is 5.32 Å². The fourth-order valence-corrected chi connectivity index (χ4v) is 3.35.